The zero-order valence-electron chi connectivity index (χ0n) is 18.6. The van der Waals surface area contributed by atoms with Gasteiger partial charge in [0.05, 0.1) is 26.0 Å². The highest BCUT2D eigenvalue weighted by atomic mass is 16.5. The lowest BCUT2D eigenvalue weighted by atomic mass is 10.1. The number of benzene rings is 1. The van der Waals surface area contributed by atoms with Gasteiger partial charge in [0.25, 0.3) is 5.91 Å². The van der Waals surface area contributed by atoms with Gasteiger partial charge in [-0.05, 0) is 36.5 Å². The molecule has 4 bridgehead atoms. The second-order valence-electron chi connectivity index (χ2n) is 8.97. The predicted molar refractivity (Wildman–Crippen MR) is 122 cm³/mol. The van der Waals surface area contributed by atoms with Gasteiger partial charge in [-0.1, -0.05) is 0 Å². The van der Waals surface area contributed by atoms with E-state index in [4.69, 9.17) is 19.2 Å². The summed E-state index contributed by atoms with van der Waals surface area (Å²) >= 11 is 0. The average Bonchev–Trinajstić information content (AvgIpc) is 3.49. The molecule has 2 aromatic heterocycles. The molecule has 1 saturated heterocycles. The van der Waals surface area contributed by atoms with Gasteiger partial charge in [0, 0.05) is 49.1 Å². The molecule has 3 aromatic rings. The first-order valence-corrected chi connectivity index (χ1v) is 11.5. The molecule has 0 radical (unpaired) electrons. The van der Waals surface area contributed by atoms with E-state index in [-0.39, 0.29) is 11.9 Å². The molecule has 4 heterocycles. The van der Waals surface area contributed by atoms with Gasteiger partial charge in [-0.25, -0.2) is 4.52 Å². The van der Waals surface area contributed by atoms with E-state index in [0.29, 0.717) is 50.2 Å². The van der Waals surface area contributed by atoms with E-state index < -0.39 is 6.10 Å². The Morgan fingerprint density at radius 1 is 1.27 bits per heavy atom. The summed E-state index contributed by atoms with van der Waals surface area (Å²) in [5.41, 5.74) is 3.45. The summed E-state index contributed by atoms with van der Waals surface area (Å²) in [7, 11) is 1.65. The highest BCUT2D eigenvalue weighted by Crippen LogP contribution is 2.33. The van der Waals surface area contributed by atoms with Crippen molar-refractivity contribution in [1.82, 2.24) is 19.5 Å². The Morgan fingerprint density at radius 2 is 2.18 bits per heavy atom. The Labute approximate surface area is 191 Å². The van der Waals surface area contributed by atoms with E-state index in [0.717, 1.165) is 22.6 Å². The summed E-state index contributed by atoms with van der Waals surface area (Å²) in [4.78, 5) is 19.7. The zero-order valence-corrected chi connectivity index (χ0v) is 18.6. The standard InChI is InChI=1S/C24H27N5O4/c1-31-19-9-16-8-17(10-19)25-5-7-28-18(11-21(24(28)30)32-13-15-2-3-15)14-33-22-4-6-29-23(27-22)20(16)12-26-29/h4,6,8-10,12,15,18,21,25H,2-3,5,7,11,13-14H2,1H3/t18?,21-/m1/s1. The van der Waals surface area contributed by atoms with Crippen LogP contribution in [0.25, 0.3) is 16.8 Å². The molecule has 1 amide bonds. The van der Waals surface area contributed by atoms with Crippen LogP contribution in [0.15, 0.2) is 36.7 Å². The van der Waals surface area contributed by atoms with Crippen molar-refractivity contribution in [2.24, 2.45) is 5.92 Å². The number of fused-ring (bicyclic) bond motifs is 5. The minimum Gasteiger partial charge on any atom is -0.497 e. The lowest BCUT2D eigenvalue weighted by molar-refractivity contribution is -0.138. The molecule has 1 aliphatic carbocycles. The number of methoxy groups -OCH3 is 1. The van der Waals surface area contributed by atoms with Gasteiger partial charge < -0.3 is 24.4 Å². The fraction of sp³-hybridized carbons (Fsp3) is 0.458. The Bertz CT molecular complexity index is 1190. The minimum atomic E-state index is -0.393. The molecule has 1 aromatic carbocycles. The second kappa shape index (κ2) is 8.22. The Hall–Kier alpha value is -3.33. The van der Waals surface area contributed by atoms with Crippen molar-refractivity contribution < 1.29 is 19.0 Å². The van der Waals surface area contributed by atoms with E-state index in [1.807, 2.05) is 29.3 Å². The van der Waals surface area contributed by atoms with Crippen LogP contribution in [0.5, 0.6) is 11.6 Å². The zero-order chi connectivity index (χ0) is 22.4. The smallest absolute Gasteiger partial charge is 0.252 e. The molecular weight excluding hydrogens is 422 g/mol. The van der Waals surface area contributed by atoms with Crippen LogP contribution in [-0.2, 0) is 9.53 Å². The number of aromatic nitrogens is 3. The van der Waals surface area contributed by atoms with Gasteiger partial charge in [-0.15, -0.1) is 0 Å². The lowest BCUT2D eigenvalue weighted by Crippen LogP contribution is -2.41. The summed E-state index contributed by atoms with van der Waals surface area (Å²) in [6.07, 6.45) is 6.29. The van der Waals surface area contributed by atoms with Crippen molar-refractivity contribution in [3.8, 4) is 22.8 Å². The molecule has 2 atom stereocenters. The van der Waals surface area contributed by atoms with Gasteiger partial charge in [-0.2, -0.15) is 10.1 Å². The van der Waals surface area contributed by atoms with E-state index in [9.17, 15) is 4.79 Å². The van der Waals surface area contributed by atoms with Crippen LogP contribution in [0.3, 0.4) is 0 Å². The molecule has 6 rings (SSSR count). The van der Waals surface area contributed by atoms with Crippen LogP contribution in [-0.4, -0.2) is 71.0 Å². The third-order valence-electron chi connectivity index (χ3n) is 6.62. The molecule has 33 heavy (non-hydrogen) atoms. The molecule has 1 unspecified atom stereocenters. The van der Waals surface area contributed by atoms with E-state index in [2.05, 4.69) is 10.4 Å². The normalized spacial score (nSPS) is 22.6. The van der Waals surface area contributed by atoms with Gasteiger partial charge in [-0.3, -0.25) is 4.79 Å². The van der Waals surface area contributed by atoms with Gasteiger partial charge >= 0.3 is 0 Å². The quantitative estimate of drug-likeness (QED) is 0.655. The van der Waals surface area contributed by atoms with E-state index in [1.165, 1.54) is 12.8 Å². The fourth-order valence-electron chi connectivity index (χ4n) is 4.58. The largest absolute Gasteiger partial charge is 0.497 e. The van der Waals surface area contributed by atoms with Crippen LogP contribution in [0, 0.1) is 5.92 Å². The summed E-state index contributed by atoms with van der Waals surface area (Å²) < 4.78 is 19.3. The maximum Gasteiger partial charge on any atom is 0.252 e. The van der Waals surface area contributed by atoms with Gasteiger partial charge in [0.1, 0.15) is 18.5 Å². The summed E-state index contributed by atoms with van der Waals surface area (Å²) in [6, 6.07) is 7.70. The predicted octanol–water partition coefficient (Wildman–Crippen LogP) is 2.61. The van der Waals surface area contributed by atoms with Gasteiger partial charge in [0.2, 0.25) is 5.88 Å². The first kappa shape index (κ1) is 20.3. The molecule has 1 N–H and O–H groups in total. The number of ether oxygens (including phenoxy) is 3. The highest BCUT2D eigenvalue weighted by molar-refractivity contribution is 5.84. The van der Waals surface area contributed by atoms with E-state index >= 15 is 0 Å². The third-order valence-corrected chi connectivity index (χ3v) is 6.62. The van der Waals surface area contributed by atoms with Crippen LogP contribution >= 0.6 is 0 Å². The number of nitrogens with zero attached hydrogens (tertiary/aromatic N) is 4. The van der Waals surface area contributed by atoms with Crippen LogP contribution < -0.4 is 14.8 Å². The number of amides is 1. The maximum atomic E-state index is 13.1. The monoisotopic (exact) mass is 449 g/mol. The van der Waals surface area contributed by atoms with E-state index in [1.54, 1.807) is 23.9 Å². The minimum absolute atomic E-state index is 0.0472. The Morgan fingerprint density at radius 3 is 3.03 bits per heavy atom. The maximum absolute atomic E-state index is 13.1. The summed E-state index contributed by atoms with van der Waals surface area (Å²) in [5, 5.41) is 7.89. The van der Waals surface area contributed by atoms with Crippen molar-refractivity contribution in [2.75, 3.05) is 38.7 Å². The molecule has 2 fully saturated rings. The number of carbonyl (C=O) groups is 1. The molecule has 3 aliphatic rings. The Balaban J connectivity index is 1.34. The van der Waals surface area contributed by atoms with Crippen LogP contribution in [0.1, 0.15) is 19.3 Å². The van der Waals surface area contributed by atoms with Crippen molar-refractivity contribution in [3.05, 3.63) is 36.7 Å². The van der Waals surface area contributed by atoms with Crippen molar-refractivity contribution in [1.29, 1.82) is 0 Å². The SMILES string of the molecule is COc1cc2cc(c1)-c1cnn3ccc(nc13)OCC1C[C@@H](OCC3CC3)C(=O)N1CCN2. The number of carbonyl (C=O) groups excluding carboxylic acids is 1. The molecule has 172 valence electrons. The van der Waals surface area contributed by atoms with Gasteiger partial charge in [0.15, 0.2) is 5.65 Å². The average molecular weight is 450 g/mol. The first-order valence-electron chi connectivity index (χ1n) is 11.5. The Kier molecular flexibility index (Phi) is 5.05. The molecule has 1 saturated carbocycles. The molecular formula is C24H27N5O4. The molecule has 0 spiro atoms. The second-order valence-corrected chi connectivity index (χ2v) is 8.97. The number of hydrogen-bond acceptors (Lipinski definition) is 7. The summed E-state index contributed by atoms with van der Waals surface area (Å²) in [6.45, 7) is 2.22. The van der Waals surface area contributed by atoms with Crippen LogP contribution in [0.4, 0.5) is 5.69 Å². The summed E-state index contributed by atoms with van der Waals surface area (Å²) in [5.74, 6) is 1.91. The van der Waals surface area contributed by atoms with Crippen molar-refractivity contribution in [2.45, 2.75) is 31.4 Å². The molecule has 9 nitrogen and oxygen atoms in total. The molecule has 2 aliphatic heterocycles. The lowest BCUT2D eigenvalue weighted by Gasteiger charge is -2.25. The van der Waals surface area contributed by atoms with Crippen molar-refractivity contribution in [3.63, 3.8) is 0 Å². The number of anilines is 1. The molecule has 9 heteroatoms. The number of hydrogen-bond donors (Lipinski definition) is 1. The van der Waals surface area contributed by atoms with Crippen molar-refractivity contribution >= 4 is 17.2 Å². The number of nitrogens with one attached hydrogen (secondary N) is 1. The third kappa shape index (κ3) is 3.97. The number of rotatable bonds is 4. The highest BCUT2D eigenvalue weighted by Gasteiger charge is 2.41. The first-order chi connectivity index (χ1) is 16.2. The topological polar surface area (TPSA) is 90.2 Å². The fourth-order valence-corrected chi connectivity index (χ4v) is 4.58. The van der Waals surface area contributed by atoms with Crippen LogP contribution in [0.2, 0.25) is 0 Å².